The van der Waals surface area contributed by atoms with Crippen molar-refractivity contribution in [2.24, 2.45) is 0 Å². The number of carbonyl (C=O) groups is 1. The molecular formula is C23H22ClN5O. The van der Waals surface area contributed by atoms with Gasteiger partial charge in [0.1, 0.15) is 0 Å². The van der Waals surface area contributed by atoms with Gasteiger partial charge in [-0.3, -0.25) is 14.5 Å². The number of para-hydroxylation sites is 1. The quantitative estimate of drug-likeness (QED) is 0.496. The SMILES string of the molecule is CCn1cc([C@H](C)NC(=O)c2cc(-c3ccccn3)nc3c(Cl)cccc23)c(C)n1. The zero-order valence-corrected chi connectivity index (χ0v) is 17.8. The van der Waals surface area contributed by atoms with Gasteiger partial charge in [0.15, 0.2) is 0 Å². The standard InChI is InChI=1S/C23H22ClN5O/c1-4-29-13-18(15(3)28-29)14(2)26-23(30)17-12-21(20-10-5-6-11-25-20)27-22-16(17)8-7-9-19(22)24/h5-14H,4H2,1-3H3,(H,26,30)/t14-/m0/s1. The van der Waals surface area contributed by atoms with Gasteiger partial charge in [-0.05, 0) is 45.0 Å². The van der Waals surface area contributed by atoms with Gasteiger partial charge in [-0.1, -0.05) is 29.8 Å². The highest BCUT2D eigenvalue weighted by atomic mass is 35.5. The predicted octanol–water partition coefficient (Wildman–Crippen LogP) is 4.97. The molecule has 4 rings (SSSR count). The number of hydrogen-bond donors (Lipinski definition) is 1. The van der Waals surface area contributed by atoms with E-state index in [1.807, 2.05) is 62.0 Å². The Labute approximate surface area is 179 Å². The molecular weight excluding hydrogens is 398 g/mol. The Morgan fingerprint density at radius 1 is 1.20 bits per heavy atom. The summed E-state index contributed by atoms with van der Waals surface area (Å²) < 4.78 is 1.87. The van der Waals surface area contributed by atoms with Crippen molar-refractivity contribution in [3.63, 3.8) is 0 Å². The molecule has 152 valence electrons. The molecule has 1 atom stereocenters. The number of benzene rings is 1. The molecule has 0 aliphatic heterocycles. The zero-order valence-electron chi connectivity index (χ0n) is 17.1. The lowest BCUT2D eigenvalue weighted by atomic mass is 10.0. The molecule has 1 N–H and O–H groups in total. The number of pyridine rings is 2. The monoisotopic (exact) mass is 419 g/mol. The van der Waals surface area contributed by atoms with Crippen molar-refractivity contribution in [1.82, 2.24) is 25.1 Å². The molecule has 0 saturated heterocycles. The molecule has 0 radical (unpaired) electrons. The molecule has 7 heteroatoms. The molecule has 0 aliphatic rings. The topological polar surface area (TPSA) is 72.7 Å². The van der Waals surface area contributed by atoms with Crippen molar-refractivity contribution in [2.75, 3.05) is 0 Å². The number of fused-ring (bicyclic) bond motifs is 1. The summed E-state index contributed by atoms with van der Waals surface area (Å²) >= 11 is 6.41. The van der Waals surface area contributed by atoms with Crippen LogP contribution >= 0.6 is 11.6 Å². The van der Waals surface area contributed by atoms with Crippen molar-refractivity contribution in [1.29, 1.82) is 0 Å². The predicted molar refractivity (Wildman–Crippen MR) is 119 cm³/mol. The average Bonchev–Trinajstić information content (AvgIpc) is 3.15. The van der Waals surface area contributed by atoms with E-state index >= 15 is 0 Å². The third kappa shape index (κ3) is 3.78. The lowest BCUT2D eigenvalue weighted by Crippen LogP contribution is -2.27. The third-order valence-corrected chi connectivity index (χ3v) is 5.39. The average molecular weight is 420 g/mol. The minimum Gasteiger partial charge on any atom is -0.345 e. The maximum absolute atomic E-state index is 13.3. The highest BCUT2D eigenvalue weighted by Gasteiger charge is 2.20. The third-order valence-electron chi connectivity index (χ3n) is 5.08. The Hall–Kier alpha value is -3.25. The normalized spacial score (nSPS) is 12.1. The Morgan fingerprint density at radius 2 is 2.03 bits per heavy atom. The van der Waals surface area contributed by atoms with Crippen LogP contribution in [0.1, 0.15) is 41.5 Å². The first kappa shape index (κ1) is 20.0. The molecule has 3 aromatic heterocycles. The van der Waals surface area contributed by atoms with Gasteiger partial charge in [0.2, 0.25) is 0 Å². The van der Waals surface area contributed by atoms with E-state index in [4.69, 9.17) is 11.6 Å². The van der Waals surface area contributed by atoms with Crippen LogP contribution in [-0.4, -0.2) is 25.7 Å². The molecule has 0 unspecified atom stereocenters. The molecule has 4 aromatic rings. The number of carbonyl (C=O) groups excluding carboxylic acids is 1. The van der Waals surface area contributed by atoms with E-state index in [9.17, 15) is 4.79 Å². The molecule has 0 spiro atoms. The summed E-state index contributed by atoms with van der Waals surface area (Å²) in [6.07, 6.45) is 3.67. The summed E-state index contributed by atoms with van der Waals surface area (Å²) in [6.45, 7) is 6.72. The molecule has 0 bridgehead atoms. The summed E-state index contributed by atoms with van der Waals surface area (Å²) in [4.78, 5) is 22.3. The Morgan fingerprint density at radius 3 is 2.73 bits per heavy atom. The van der Waals surface area contributed by atoms with Crippen LogP contribution in [0.15, 0.2) is 54.9 Å². The molecule has 0 saturated carbocycles. The van der Waals surface area contributed by atoms with Crippen molar-refractivity contribution in [2.45, 2.75) is 33.4 Å². The minimum absolute atomic E-state index is 0.196. The Kier molecular flexibility index (Phi) is 5.50. The maximum Gasteiger partial charge on any atom is 0.252 e. The number of nitrogens with one attached hydrogen (secondary N) is 1. The fourth-order valence-electron chi connectivity index (χ4n) is 3.52. The number of aryl methyl sites for hydroxylation is 2. The van der Waals surface area contributed by atoms with Crippen LogP contribution < -0.4 is 5.32 Å². The number of aromatic nitrogens is 4. The second-order valence-electron chi connectivity index (χ2n) is 7.13. The molecule has 30 heavy (non-hydrogen) atoms. The number of rotatable bonds is 5. The smallest absolute Gasteiger partial charge is 0.252 e. The number of hydrogen-bond acceptors (Lipinski definition) is 4. The zero-order chi connectivity index (χ0) is 21.3. The highest BCUT2D eigenvalue weighted by molar-refractivity contribution is 6.35. The summed E-state index contributed by atoms with van der Waals surface area (Å²) in [6, 6.07) is 12.6. The molecule has 1 amide bonds. The Balaban J connectivity index is 1.76. The van der Waals surface area contributed by atoms with Crippen LogP contribution in [0.2, 0.25) is 5.02 Å². The van der Waals surface area contributed by atoms with Gasteiger partial charge in [-0.25, -0.2) is 4.98 Å². The number of amides is 1. The van der Waals surface area contributed by atoms with E-state index in [2.05, 4.69) is 20.4 Å². The van der Waals surface area contributed by atoms with Gasteiger partial charge < -0.3 is 5.32 Å². The lowest BCUT2D eigenvalue weighted by Gasteiger charge is -2.15. The van der Waals surface area contributed by atoms with Crippen molar-refractivity contribution in [3.05, 3.63) is 76.7 Å². The lowest BCUT2D eigenvalue weighted by molar-refractivity contribution is 0.0941. The summed E-state index contributed by atoms with van der Waals surface area (Å²) in [5, 5.41) is 8.77. The van der Waals surface area contributed by atoms with Crippen LogP contribution in [0, 0.1) is 6.92 Å². The van der Waals surface area contributed by atoms with E-state index in [0.29, 0.717) is 32.9 Å². The van der Waals surface area contributed by atoms with Gasteiger partial charge >= 0.3 is 0 Å². The van der Waals surface area contributed by atoms with Crippen LogP contribution in [0.5, 0.6) is 0 Å². The Bertz CT molecular complexity index is 1220. The second kappa shape index (κ2) is 8.24. The second-order valence-corrected chi connectivity index (χ2v) is 7.53. The molecule has 6 nitrogen and oxygen atoms in total. The van der Waals surface area contributed by atoms with Crippen molar-refractivity contribution < 1.29 is 4.79 Å². The summed E-state index contributed by atoms with van der Waals surface area (Å²) in [5.41, 5.74) is 4.27. The molecule has 1 aromatic carbocycles. The number of halogens is 1. The largest absolute Gasteiger partial charge is 0.345 e. The summed E-state index contributed by atoms with van der Waals surface area (Å²) in [7, 11) is 0. The number of nitrogens with zero attached hydrogens (tertiary/aromatic N) is 4. The van der Waals surface area contributed by atoms with Gasteiger partial charge in [-0.15, -0.1) is 0 Å². The van der Waals surface area contributed by atoms with Crippen LogP contribution in [0.4, 0.5) is 0 Å². The molecule has 0 fully saturated rings. The van der Waals surface area contributed by atoms with Crippen molar-refractivity contribution in [3.8, 4) is 11.4 Å². The molecule has 3 heterocycles. The van der Waals surface area contributed by atoms with Crippen LogP contribution in [0.25, 0.3) is 22.3 Å². The van der Waals surface area contributed by atoms with Crippen LogP contribution in [-0.2, 0) is 6.54 Å². The fraction of sp³-hybridized carbons (Fsp3) is 0.217. The first-order chi connectivity index (χ1) is 14.5. The minimum atomic E-state index is -0.196. The van der Waals surface area contributed by atoms with E-state index < -0.39 is 0 Å². The van der Waals surface area contributed by atoms with E-state index in [1.54, 1.807) is 18.3 Å². The fourth-order valence-corrected chi connectivity index (χ4v) is 3.74. The van der Waals surface area contributed by atoms with Gasteiger partial charge in [0.05, 0.1) is 39.2 Å². The summed E-state index contributed by atoms with van der Waals surface area (Å²) in [5.74, 6) is -0.196. The van der Waals surface area contributed by atoms with Crippen molar-refractivity contribution >= 4 is 28.4 Å². The van der Waals surface area contributed by atoms with Gasteiger partial charge in [-0.2, -0.15) is 5.10 Å². The first-order valence-corrected chi connectivity index (χ1v) is 10.2. The van der Waals surface area contributed by atoms with Gasteiger partial charge in [0.25, 0.3) is 5.91 Å². The highest BCUT2D eigenvalue weighted by Crippen LogP contribution is 2.29. The van der Waals surface area contributed by atoms with E-state index in [1.165, 1.54) is 0 Å². The molecule has 0 aliphatic carbocycles. The van der Waals surface area contributed by atoms with E-state index in [-0.39, 0.29) is 11.9 Å². The first-order valence-electron chi connectivity index (χ1n) is 9.83. The maximum atomic E-state index is 13.3. The van der Waals surface area contributed by atoms with E-state index in [0.717, 1.165) is 17.8 Å². The van der Waals surface area contributed by atoms with Crippen LogP contribution in [0.3, 0.4) is 0 Å². The van der Waals surface area contributed by atoms with Gasteiger partial charge in [0, 0.05) is 29.9 Å².